The van der Waals surface area contributed by atoms with E-state index in [1.54, 1.807) is 20.8 Å². The van der Waals surface area contributed by atoms with Crippen LogP contribution in [-0.4, -0.2) is 75.7 Å². The normalized spacial score (nSPS) is 11.8. The first-order valence-corrected chi connectivity index (χ1v) is 9.91. The average molecular weight is 434 g/mol. The monoisotopic (exact) mass is 433 g/mol. The summed E-state index contributed by atoms with van der Waals surface area (Å²) >= 11 is 0. The molecule has 0 fully saturated rings. The number of hydrogen-bond acceptors (Lipinski definition) is 8. The van der Waals surface area contributed by atoms with Gasteiger partial charge in [-0.3, -0.25) is 9.59 Å². The maximum absolute atomic E-state index is 12.3. The van der Waals surface area contributed by atoms with Crippen molar-refractivity contribution >= 4 is 24.1 Å². The molecule has 0 aromatic rings. The van der Waals surface area contributed by atoms with Crippen molar-refractivity contribution in [2.24, 2.45) is 0 Å². The molecule has 0 saturated carbocycles. The average Bonchev–Trinajstić information content (AvgIpc) is 2.65. The second-order valence-electron chi connectivity index (χ2n) is 7.30. The van der Waals surface area contributed by atoms with Crippen molar-refractivity contribution in [2.75, 3.05) is 40.0 Å². The summed E-state index contributed by atoms with van der Waals surface area (Å²) in [4.78, 5) is 47.0. The number of carbonyl (C=O) groups is 4. The Hall–Kier alpha value is -2.56. The molecule has 0 bridgehead atoms. The lowest BCUT2D eigenvalue weighted by molar-refractivity contribution is -0.143. The van der Waals surface area contributed by atoms with E-state index in [1.165, 1.54) is 7.11 Å². The van der Waals surface area contributed by atoms with E-state index in [0.29, 0.717) is 6.42 Å². The maximum Gasteiger partial charge on any atom is 0.407 e. The van der Waals surface area contributed by atoms with Gasteiger partial charge < -0.3 is 34.9 Å². The van der Waals surface area contributed by atoms with E-state index in [2.05, 4.69) is 20.7 Å². The van der Waals surface area contributed by atoms with Gasteiger partial charge in [0.25, 0.3) is 0 Å². The highest BCUT2D eigenvalue weighted by Gasteiger charge is 2.24. The Labute approximate surface area is 177 Å². The number of ether oxygens (including phenoxy) is 4. The molecule has 30 heavy (non-hydrogen) atoms. The maximum atomic E-state index is 12.3. The van der Waals surface area contributed by atoms with Crippen LogP contribution in [0.2, 0.25) is 0 Å². The lowest BCUT2D eigenvalue weighted by atomic mass is 10.2. The molecule has 3 N–H and O–H groups in total. The third-order valence-electron chi connectivity index (χ3n) is 3.40. The first-order chi connectivity index (χ1) is 14.1. The lowest BCUT2D eigenvalue weighted by Gasteiger charge is -2.19. The van der Waals surface area contributed by atoms with E-state index in [4.69, 9.17) is 14.2 Å². The Kier molecular flexibility index (Phi) is 14.0. The minimum Gasteiger partial charge on any atom is -0.469 e. The number of esters is 1. The van der Waals surface area contributed by atoms with E-state index in [9.17, 15) is 19.2 Å². The highest BCUT2D eigenvalue weighted by molar-refractivity contribution is 5.89. The Morgan fingerprint density at radius 2 is 1.57 bits per heavy atom. The first kappa shape index (κ1) is 27.4. The Balaban J connectivity index is 4.18. The van der Waals surface area contributed by atoms with Crippen LogP contribution < -0.4 is 16.0 Å². The summed E-state index contributed by atoms with van der Waals surface area (Å²) in [5.74, 6) is -1.21. The van der Waals surface area contributed by atoms with E-state index >= 15 is 0 Å². The van der Waals surface area contributed by atoms with Crippen LogP contribution in [0.25, 0.3) is 0 Å². The predicted octanol–water partition coefficient (Wildman–Crippen LogP) is 1.10. The van der Waals surface area contributed by atoms with Gasteiger partial charge in [0.05, 0.1) is 33.4 Å². The van der Waals surface area contributed by atoms with Gasteiger partial charge in [0, 0.05) is 13.1 Å². The number of nitrogens with one attached hydrogen (secondary N) is 3. The van der Waals surface area contributed by atoms with Crippen LogP contribution >= 0.6 is 0 Å². The Morgan fingerprint density at radius 3 is 2.13 bits per heavy atom. The quantitative estimate of drug-likeness (QED) is 0.223. The van der Waals surface area contributed by atoms with Gasteiger partial charge in [0.2, 0.25) is 5.91 Å². The van der Waals surface area contributed by atoms with E-state index in [-0.39, 0.29) is 39.3 Å². The van der Waals surface area contributed by atoms with Crippen LogP contribution in [0.3, 0.4) is 0 Å². The van der Waals surface area contributed by atoms with Crippen molar-refractivity contribution < 1.29 is 38.1 Å². The minimum atomic E-state index is -1.12. The van der Waals surface area contributed by atoms with Gasteiger partial charge in [-0.1, -0.05) is 13.3 Å². The number of alkyl carbamates (subject to hydrolysis) is 2. The molecule has 0 unspecified atom stereocenters. The zero-order chi connectivity index (χ0) is 23.0. The number of rotatable bonds is 13. The van der Waals surface area contributed by atoms with Crippen LogP contribution in [0.4, 0.5) is 9.59 Å². The van der Waals surface area contributed by atoms with Crippen LogP contribution in [0.5, 0.6) is 0 Å². The minimum absolute atomic E-state index is 0.148. The zero-order valence-electron chi connectivity index (χ0n) is 18.5. The fourth-order valence-corrected chi connectivity index (χ4v) is 1.96. The molecular formula is C19H35N3O8. The summed E-state index contributed by atoms with van der Waals surface area (Å²) in [7, 11) is 1.19. The SMILES string of the molecule is CCCCOC(=O)N[C@@H](CC(=O)OC)C(=O)NCCOCCNC(=O)OC(C)(C)C. The molecule has 0 heterocycles. The number of amides is 3. The topological polar surface area (TPSA) is 141 Å². The molecule has 3 amide bonds. The van der Waals surface area contributed by atoms with Crippen LogP contribution in [0.15, 0.2) is 0 Å². The van der Waals surface area contributed by atoms with Gasteiger partial charge in [0.15, 0.2) is 0 Å². The van der Waals surface area contributed by atoms with Crippen molar-refractivity contribution in [3.63, 3.8) is 0 Å². The third kappa shape index (κ3) is 15.4. The van der Waals surface area contributed by atoms with Gasteiger partial charge in [0.1, 0.15) is 11.6 Å². The predicted molar refractivity (Wildman–Crippen MR) is 108 cm³/mol. The molecule has 174 valence electrons. The van der Waals surface area contributed by atoms with Gasteiger partial charge in [-0.05, 0) is 27.2 Å². The van der Waals surface area contributed by atoms with Crippen LogP contribution in [0, 0.1) is 0 Å². The molecule has 0 aliphatic heterocycles. The molecule has 0 rings (SSSR count). The zero-order valence-corrected chi connectivity index (χ0v) is 18.5. The van der Waals surface area contributed by atoms with Crippen molar-refractivity contribution in [2.45, 2.75) is 58.6 Å². The summed E-state index contributed by atoms with van der Waals surface area (Å²) in [6.07, 6.45) is -0.0983. The van der Waals surface area contributed by atoms with Crippen molar-refractivity contribution in [3.8, 4) is 0 Å². The van der Waals surface area contributed by atoms with Crippen molar-refractivity contribution in [1.29, 1.82) is 0 Å². The molecule has 0 aliphatic carbocycles. The Morgan fingerprint density at radius 1 is 0.933 bits per heavy atom. The molecule has 0 radical (unpaired) electrons. The third-order valence-corrected chi connectivity index (χ3v) is 3.40. The molecular weight excluding hydrogens is 398 g/mol. The fourth-order valence-electron chi connectivity index (χ4n) is 1.96. The highest BCUT2D eigenvalue weighted by Crippen LogP contribution is 2.06. The molecule has 0 spiro atoms. The van der Waals surface area contributed by atoms with Crippen molar-refractivity contribution in [1.82, 2.24) is 16.0 Å². The molecule has 0 aromatic heterocycles. The van der Waals surface area contributed by atoms with Gasteiger partial charge in [-0.15, -0.1) is 0 Å². The number of hydrogen-bond donors (Lipinski definition) is 3. The number of carbonyl (C=O) groups excluding carboxylic acids is 4. The highest BCUT2D eigenvalue weighted by atomic mass is 16.6. The molecule has 0 saturated heterocycles. The summed E-state index contributed by atoms with van der Waals surface area (Å²) in [6, 6.07) is -1.12. The summed E-state index contributed by atoms with van der Waals surface area (Å²) < 4.78 is 19.9. The first-order valence-electron chi connectivity index (χ1n) is 9.91. The Bertz CT molecular complexity index is 548. The molecule has 1 atom stereocenters. The summed E-state index contributed by atoms with van der Waals surface area (Å²) in [5, 5.41) is 7.46. The second kappa shape index (κ2) is 15.3. The van der Waals surface area contributed by atoms with Gasteiger partial charge in [-0.2, -0.15) is 0 Å². The van der Waals surface area contributed by atoms with E-state index in [0.717, 1.165) is 6.42 Å². The van der Waals surface area contributed by atoms with E-state index < -0.39 is 35.7 Å². The number of methoxy groups -OCH3 is 1. The van der Waals surface area contributed by atoms with Gasteiger partial charge >= 0.3 is 18.2 Å². The van der Waals surface area contributed by atoms with Crippen LogP contribution in [-0.2, 0) is 28.5 Å². The molecule has 11 nitrogen and oxygen atoms in total. The summed E-state index contributed by atoms with van der Waals surface area (Å²) in [5.41, 5.74) is -0.577. The largest absolute Gasteiger partial charge is 0.469 e. The summed E-state index contributed by atoms with van der Waals surface area (Å²) in [6.45, 7) is 8.26. The van der Waals surface area contributed by atoms with Gasteiger partial charge in [-0.25, -0.2) is 9.59 Å². The smallest absolute Gasteiger partial charge is 0.407 e. The standard InChI is InChI=1S/C19H35N3O8/c1-6-7-10-29-18(26)22-14(13-15(23)27-5)16(24)20-8-11-28-12-9-21-17(25)30-19(2,3)4/h14H,6-13H2,1-5H3,(H,20,24)(H,21,25)(H,22,26)/t14-/m0/s1. The second-order valence-corrected chi connectivity index (χ2v) is 7.30. The number of unbranched alkanes of at least 4 members (excludes halogenated alkanes) is 1. The fraction of sp³-hybridized carbons (Fsp3) is 0.789. The van der Waals surface area contributed by atoms with Crippen LogP contribution in [0.1, 0.15) is 47.0 Å². The van der Waals surface area contributed by atoms with Crippen molar-refractivity contribution in [3.05, 3.63) is 0 Å². The molecule has 0 aromatic carbocycles. The van der Waals surface area contributed by atoms with E-state index in [1.807, 2.05) is 6.92 Å². The lowest BCUT2D eigenvalue weighted by Crippen LogP contribution is -2.48. The molecule has 11 heteroatoms. The molecule has 0 aliphatic rings.